The van der Waals surface area contributed by atoms with E-state index in [0.29, 0.717) is 16.3 Å². The number of anilines is 1. The number of nitrogens with one attached hydrogen (secondary N) is 1. The minimum atomic E-state index is -0.785. The maximum atomic E-state index is 12.8. The minimum Gasteiger partial charge on any atom is -0.462 e. The summed E-state index contributed by atoms with van der Waals surface area (Å²) in [5.41, 5.74) is 0.812. The Kier molecular flexibility index (Phi) is 5.62. The molecule has 0 aromatic heterocycles. The molecule has 0 fully saturated rings. The molecule has 0 atom stereocenters. The Morgan fingerprint density at radius 3 is 2.33 bits per heavy atom. The zero-order valence-corrected chi connectivity index (χ0v) is 14.7. The molecule has 1 N–H and O–H groups in total. The van der Waals surface area contributed by atoms with Gasteiger partial charge in [0.25, 0.3) is 0 Å². The molecule has 4 nitrogen and oxygen atoms in total. The lowest BCUT2D eigenvalue weighted by Crippen LogP contribution is -2.35. The van der Waals surface area contributed by atoms with Gasteiger partial charge >= 0.3 is 5.97 Å². The summed E-state index contributed by atoms with van der Waals surface area (Å²) in [4.78, 5) is 24.8. The Bertz CT molecular complexity index is 739. The molecule has 2 aromatic carbocycles. The van der Waals surface area contributed by atoms with E-state index in [-0.39, 0.29) is 12.5 Å². The second-order valence-corrected chi connectivity index (χ2v) is 6.29. The van der Waals surface area contributed by atoms with Gasteiger partial charge in [0.1, 0.15) is 0 Å². The van der Waals surface area contributed by atoms with E-state index < -0.39 is 11.4 Å². The van der Waals surface area contributed by atoms with Crippen molar-refractivity contribution in [3.8, 4) is 0 Å². The SMILES string of the molecule is CCOC(=O)c1ccccc1NC(=O)C(C)(C)c1ccc(Cl)cc1. The van der Waals surface area contributed by atoms with Crippen molar-refractivity contribution in [1.29, 1.82) is 0 Å². The summed E-state index contributed by atoms with van der Waals surface area (Å²) in [6, 6.07) is 13.9. The van der Waals surface area contributed by atoms with Crippen LogP contribution in [0, 0.1) is 0 Å². The Hall–Kier alpha value is -2.33. The number of benzene rings is 2. The van der Waals surface area contributed by atoms with Crippen LogP contribution in [0.2, 0.25) is 5.02 Å². The summed E-state index contributed by atoms with van der Waals surface area (Å²) in [6.07, 6.45) is 0. The van der Waals surface area contributed by atoms with Gasteiger partial charge < -0.3 is 10.1 Å². The Balaban J connectivity index is 2.26. The summed E-state index contributed by atoms with van der Waals surface area (Å²) in [5, 5.41) is 3.44. The van der Waals surface area contributed by atoms with Crippen molar-refractivity contribution in [2.75, 3.05) is 11.9 Å². The van der Waals surface area contributed by atoms with Crippen LogP contribution in [0.4, 0.5) is 5.69 Å². The van der Waals surface area contributed by atoms with E-state index in [1.165, 1.54) is 0 Å². The van der Waals surface area contributed by atoms with E-state index in [2.05, 4.69) is 5.32 Å². The van der Waals surface area contributed by atoms with Crippen LogP contribution in [-0.4, -0.2) is 18.5 Å². The lowest BCUT2D eigenvalue weighted by Gasteiger charge is -2.25. The summed E-state index contributed by atoms with van der Waals surface area (Å²) < 4.78 is 5.03. The van der Waals surface area contributed by atoms with Crippen LogP contribution in [0.5, 0.6) is 0 Å². The summed E-state index contributed by atoms with van der Waals surface area (Å²) in [7, 11) is 0. The predicted molar refractivity (Wildman–Crippen MR) is 95.5 cm³/mol. The van der Waals surface area contributed by atoms with Crippen LogP contribution in [0.25, 0.3) is 0 Å². The van der Waals surface area contributed by atoms with Gasteiger partial charge in [0.15, 0.2) is 0 Å². The second-order valence-electron chi connectivity index (χ2n) is 5.85. The molecule has 24 heavy (non-hydrogen) atoms. The molecule has 0 saturated carbocycles. The van der Waals surface area contributed by atoms with Crippen molar-refractivity contribution in [3.05, 3.63) is 64.7 Å². The molecule has 0 aliphatic heterocycles. The van der Waals surface area contributed by atoms with Crippen molar-refractivity contribution in [1.82, 2.24) is 0 Å². The number of carbonyl (C=O) groups is 2. The lowest BCUT2D eigenvalue weighted by molar-refractivity contribution is -0.120. The Morgan fingerprint density at radius 1 is 1.08 bits per heavy atom. The Morgan fingerprint density at radius 2 is 1.71 bits per heavy atom. The highest BCUT2D eigenvalue weighted by atomic mass is 35.5. The van der Waals surface area contributed by atoms with Gasteiger partial charge in [0, 0.05) is 5.02 Å². The van der Waals surface area contributed by atoms with Gasteiger partial charge in [-0.25, -0.2) is 4.79 Å². The third-order valence-electron chi connectivity index (χ3n) is 3.80. The number of para-hydroxylation sites is 1. The zero-order valence-electron chi connectivity index (χ0n) is 13.9. The maximum absolute atomic E-state index is 12.8. The normalized spacial score (nSPS) is 11.0. The average Bonchev–Trinajstić information content (AvgIpc) is 2.56. The first kappa shape index (κ1) is 18.0. The molecular formula is C19H20ClNO3. The molecule has 0 heterocycles. The minimum absolute atomic E-state index is 0.221. The van der Waals surface area contributed by atoms with E-state index in [1.54, 1.807) is 43.3 Å². The molecule has 2 aromatic rings. The molecule has 0 saturated heterocycles. The highest BCUT2D eigenvalue weighted by Crippen LogP contribution is 2.27. The number of carbonyl (C=O) groups excluding carboxylic acids is 2. The number of rotatable bonds is 5. The van der Waals surface area contributed by atoms with Crippen LogP contribution in [0.15, 0.2) is 48.5 Å². The molecule has 0 bridgehead atoms. The largest absolute Gasteiger partial charge is 0.462 e. The molecule has 0 radical (unpaired) electrons. The number of esters is 1. The molecule has 0 aliphatic rings. The zero-order chi connectivity index (χ0) is 17.7. The van der Waals surface area contributed by atoms with Crippen LogP contribution in [0.3, 0.4) is 0 Å². The van der Waals surface area contributed by atoms with Gasteiger partial charge in [0.05, 0.1) is 23.3 Å². The third-order valence-corrected chi connectivity index (χ3v) is 4.06. The van der Waals surface area contributed by atoms with Crippen molar-refractivity contribution in [2.24, 2.45) is 0 Å². The van der Waals surface area contributed by atoms with E-state index in [4.69, 9.17) is 16.3 Å². The molecule has 0 aliphatic carbocycles. The Labute approximate surface area is 146 Å². The summed E-state index contributed by atoms with van der Waals surface area (Å²) in [6.45, 7) is 5.65. The number of hydrogen-bond donors (Lipinski definition) is 1. The van der Waals surface area contributed by atoms with Gasteiger partial charge in [-0.15, -0.1) is 0 Å². The van der Waals surface area contributed by atoms with Crippen molar-refractivity contribution < 1.29 is 14.3 Å². The average molecular weight is 346 g/mol. The van der Waals surface area contributed by atoms with Gasteiger partial charge in [-0.1, -0.05) is 35.9 Å². The van der Waals surface area contributed by atoms with Crippen LogP contribution < -0.4 is 5.32 Å². The van der Waals surface area contributed by atoms with Crippen molar-refractivity contribution in [2.45, 2.75) is 26.2 Å². The highest BCUT2D eigenvalue weighted by molar-refractivity contribution is 6.30. The van der Waals surface area contributed by atoms with Crippen LogP contribution in [-0.2, 0) is 14.9 Å². The summed E-state index contributed by atoms with van der Waals surface area (Å²) >= 11 is 5.90. The lowest BCUT2D eigenvalue weighted by atomic mass is 9.83. The highest BCUT2D eigenvalue weighted by Gasteiger charge is 2.30. The predicted octanol–water partition coefficient (Wildman–Crippen LogP) is 4.43. The van der Waals surface area contributed by atoms with E-state index >= 15 is 0 Å². The van der Waals surface area contributed by atoms with E-state index in [1.807, 2.05) is 26.0 Å². The number of halogens is 1. The fraction of sp³-hybridized carbons (Fsp3) is 0.263. The standard InChI is InChI=1S/C19H20ClNO3/c1-4-24-17(22)15-7-5-6-8-16(15)21-18(23)19(2,3)13-9-11-14(20)12-10-13/h5-12H,4H2,1-3H3,(H,21,23). The molecule has 5 heteroatoms. The van der Waals surface area contributed by atoms with Gasteiger partial charge in [-0.2, -0.15) is 0 Å². The first-order valence-electron chi connectivity index (χ1n) is 7.70. The first-order valence-corrected chi connectivity index (χ1v) is 8.07. The smallest absolute Gasteiger partial charge is 0.340 e. The number of ether oxygens (including phenoxy) is 1. The molecule has 0 unspecified atom stereocenters. The van der Waals surface area contributed by atoms with Gasteiger partial charge in [0.2, 0.25) is 5.91 Å². The first-order chi connectivity index (χ1) is 11.4. The quantitative estimate of drug-likeness (QED) is 0.815. The monoisotopic (exact) mass is 345 g/mol. The fourth-order valence-corrected chi connectivity index (χ4v) is 2.38. The molecule has 2 rings (SSSR count). The third kappa shape index (κ3) is 3.95. The van der Waals surface area contributed by atoms with E-state index in [9.17, 15) is 9.59 Å². The van der Waals surface area contributed by atoms with Crippen molar-refractivity contribution in [3.63, 3.8) is 0 Å². The second kappa shape index (κ2) is 7.49. The van der Waals surface area contributed by atoms with Gasteiger partial charge in [-0.3, -0.25) is 4.79 Å². The van der Waals surface area contributed by atoms with Crippen LogP contribution >= 0.6 is 11.6 Å². The number of amides is 1. The summed E-state index contributed by atoms with van der Waals surface area (Å²) in [5.74, 6) is -0.681. The van der Waals surface area contributed by atoms with Crippen LogP contribution in [0.1, 0.15) is 36.7 Å². The molecular weight excluding hydrogens is 326 g/mol. The molecule has 0 spiro atoms. The topological polar surface area (TPSA) is 55.4 Å². The van der Waals surface area contributed by atoms with Gasteiger partial charge in [-0.05, 0) is 50.6 Å². The number of hydrogen-bond acceptors (Lipinski definition) is 3. The van der Waals surface area contributed by atoms with Crippen molar-refractivity contribution >= 4 is 29.2 Å². The fourth-order valence-electron chi connectivity index (χ4n) is 2.26. The van der Waals surface area contributed by atoms with E-state index in [0.717, 1.165) is 5.56 Å². The molecule has 126 valence electrons. The maximum Gasteiger partial charge on any atom is 0.340 e. The molecule has 1 amide bonds.